The zero-order valence-electron chi connectivity index (χ0n) is 8.13. The van der Waals surface area contributed by atoms with Gasteiger partial charge in [0.1, 0.15) is 0 Å². The number of carbonyl (C=O) groups excluding carboxylic acids is 1. The van der Waals surface area contributed by atoms with Crippen LogP contribution >= 0.6 is 0 Å². The molecule has 0 aromatic carbocycles. The molecule has 0 bridgehead atoms. The summed E-state index contributed by atoms with van der Waals surface area (Å²) in [6, 6.07) is 1.12. The maximum Gasteiger partial charge on any atom is 0.416 e. The van der Waals surface area contributed by atoms with Crippen LogP contribution in [0.25, 0.3) is 0 Å². The molecule has 15 heavy (non-hydrogen) atoms. The van der Waals surface area contributed by atoms with Crippen LogP contribution in [0.3, 0.4) is 0 Å². The summed E-state index contributed by atoms with van der Waals surface area (Å²) in [5.74, 6) is -1.39. The van der Waals surface area contributed by atoms with Gasteiger partial charge in [0.2, 0.25) is 0 Å². The number of carbonyl (C=O) groups is 1. The molecule has 0 amide bonds. The van der Waals surface area contributed by atoms with Gasteiger partial charge in [-0.15, -0.1) is 0 Å². The lowest BCUT2D eigenvalue weighted by Gasteiger charge is -2.26. The van der Waals surface area contributed by atoms with Crippen LogP contribution in [0.4, 0.5) is 13.2 Å². The number of nitrogens with zero attached hydrogens (tertiary/aromatic N) is 1. The highest BCUT2D eigenvalue weighted by Gasteiger charge is 2.56. The normalized spacial score (nSPS) is 17.4. The molecule has 0 fully saturated rings. The van der Waals surface area contributed by atoms with Crippen LogP contribution < -0.4 is 0 Å². The summed E-state index contributed by atoms with van der Waals surface area (Å²) in [4.78, 5) is 11.1. The number of aliphatic hydroxyl groups is 1. The van der Waals surface area contributed by atoms with E-state index in [-0.39, 0.29) is 6.61 Å². The molecule has 0 rings (SSSR count). The van der Waals surface area contributed by atoms with E-state index in [2.05, 4.69) is 4.74 Å². The van der Waals surface area contributed by atoms with Crippen LogP contribution in [-0.2, 0) is 9.53 Å². The van der Waals surface area contributed by atoms with Crippen molar-refractivity contribution in [1.82, 2.24) is 0 Å². The minimum absolute atomic E-state index is 0.166. The van der Waals surface area contributed by atoms with Gasteiger partial charge in [-0.3, -0.25) is 4.79 Å². The fraction of sp³-hybridized carbons (Fsp3) is 0.750. The van der Waals surface area contributed by atoms with Crippen LogP contribution in [-0.4, -0.2) is 30.0 Å². The fourth-order valence-electron chi connectivity index (χ4n) is 0.827. The summed E-state index contributed by atoms with van der Waals surface area (Å²) < 4.78 is 40.7. The molecule has 4 nitrogen and oxygen atoms in total. The molecule has 0 aliphatic rings. The quantitative estimate of drug-likeness (QED) is 0.727. The van der Waals surface area contributed by atoms with E-state index in [1.54, 1.807) is 0 Å². The Morgan fingerprint density at radius 2 is 2.07 bits per heavy atom. The third kappa shape index (κ3) is 2.83. The monoisotopic (exact) mass is 225 g/mol. The van der Waals surface area contributed by atoms with Gasteiger partial charge >= 0.3 is 12.1 Å². The maximum absolute atomic E-state index is 12.1. The van der Waals surface area contributed by atoms with Crippen molar-refractivity contribution in [3.05, 3.63) is 0 Å². The number of halogens is 3. The SMILES string of the molecule is CCOC(=O)[C@@](C)(C#N)[C@H](O)C(F)(F)F. The zero-order valence-corrected chi connectivity index (χ0v) is 8.13. The van der Waals surface area contributed by atoms with Crippen molar-refractivity contribution in [3.63, 3.8) is 0 Å². The van der Waals surface area contributed by atoms with Crippen LogP contribution in [0.15, 0.2) is 0 Å². The van der Waals surface area contributed by atoms with Crippen molar-refractivity contribution in [2.24, 2.45) is 5.41 Å². The predicted octanol–water partition coefficient (Wildman–Crippen LogP) is 1.00. The van der Waals surface area contributed by atoms with E-state index in [0.717, 1.165) is 6.07 Å². The van der Waals surface area contributed by atoms with Gasteiger partial charge < -0.3 is 9.84 Å². The van der Waals surface area contributed by atoms with Crippen LogP contribution in [0.2, 0.25) is 0 Å². The molecule has 0 aromatic rings. The molecule has 0 aliphatic heterocycles. The number of hydrogen-bond acceptors (Lipinski definition) is 4. The lowest BCUT2D eigenvalue weighted by atomic mass is 9.85. The Labute approximate surface area is 84.3 Å². The summed E-state index contributed by atoms with van der Waals surface area (Å²) in [7, 11) is 0. The Morgan fingerprint density at radius 3 is 2.33 bits per heavy atom. The molecule has 0 heterocycles. The summed E-state index contributed by atoms with van der Waals surface area (Å²) in [6.45, 7) is 1.90. The number of alkyl halides is 3. The minimum Gasteiger partial charge on any atom is -0.465 e. The van der Waals surface area contributed by atoms with E-state index < -0.39 is 23.7 Å². The van der Waals surface area contributed by atoms with Gasteiger partial charge in [-0.1, -0.05) is 0 Å². The van der Waals surface area contributed by atoms with Crippen LogP contribution in [0, 0.1) is 16.7 Å². The van der Waals surface area contributed by atoms with Crippen molar-refractivity contribution in [2.45, 2.75) is 26.1 Å². The number of rotatable bonds is 3. The van der Waals surface area contributed by atoms with E-state index in [4.69, 9.17) is 10.4 Å². The van der Waals surface area contributed by atoms with Crippen molar-refractivity contribution in [1.29, 1.82) is 5.26 Å². The molecule has 1 N–H and O–H groups in total. The van der Waals surface area contributed by atoms with E-state index in [1.807, 2.05) is 0 Å². The standard InChI is InChI=1S/C8H10F3NO3/c1-3-15-6(14)7(2,4-12)5(13)8(9,10)11/h5,13H,3H2,1-2H3/t5-,7-/m0/s1. The van der Waals surface area contributed by atoms with Crippen molar-refractivity contribution in [3.8, 4) is 6.07 Å². The van der Waals surface area contributed by atoms with Gasteiger partial charge in [0.15, 0.2) is 11.5 Å². The highest BCUT2D eigenvalue weighted by Crippen LogP contribution is 2.34. The highest BCUT2D eigenvalue weighted by atomic mass is 19.4. The molecular weight excluding hydrogens is 215 g/mol. The number of nitriles is 1. The number of ether oxygens (including phenoxy) is 1. The Balaban J connectivity index is 5.04. The van der Waals surface area contributed by atoms with Gasteiger partial charge in [0.05, 0.1) is 12.7 Å². The van der Waals surface area contributed by atoms with Gasteiger partial charge in [0, 0.05) is 0 Å². The molecular formula is C8H10F3NO3. The molecule has 0 radical (unpaired) electrons. The zero-order chi connectivity index (χ0) is 12.3. The lowest BCUT2D eigenvalue weighted by Crippen LogP contribution is -2.48. The van der Waals surface area contributed by atoms with Gasteiger partial charge in [0.25, 0.3) is 0 Å². The maximum atomic E-state index is 12.1. The van der Waals surface area contributed by atoms with Gasteiger partial charge in [-0.2, -0.15) is 18.4 Å². The first-order chi connectivity index (χ1) is 6.70. The predicted molar refractivity (Wildman–Crippen MR) is 42.4 cm³/mol. The van der Waals surface area contributed by atoms with Crippen molar-refractivity contribution >= 4 is 5.97 Å². The van der Waals surface area contributed by atoms with Gasteiger partial charge in [-0.25, -0.2) is 0 Å². The largest absolute Gasteiger partial charge is 0.465 e. The van der Waals surface area contributed by atoms with E-state index >= 15 is 0 Å². The fourth-order valence-corrected chi connectivity index (χ4v) is 0.827. The number of esters is 1. The topological polar surface area (TPSA) is 70.3 Å². The Hall–Kier alpha value is -1.29. The second kappa shape index (κ2) is 4.49. The first-order valence-electron chi connectivity index (χ1n) is 4.03. The van der Waals surface area contributed by atoms with Crippen LogP contribution in [0.1, 0.15) is 13.8 Å². The molecule has 0 saturated heterocycles. The van der Waals surface area contributed by atoms with Crippen molar-refractivity contribution in [2.75, 3.05) is 6.61 Å². The molecule has 0 aromatic heterocycles. The third-order valence-corrected chi connectivity index (χ3v) is 1.79. The molecule has 7 heteroatoms. The van der Waals surface area contributed by atoms with E-state index in [0.29, 0.717) is 6.92 Å². The third-order valence-electron chi connectivity index (χ3n) is 1.79. The second-order valence-corrected chi connectivity index (χ2v) is 2.98. The summed E-state index contributed by atoms with van der Waals surface area (Å²) in [5.41, 5.74) is -2.63. The molecule has 0 unspecified atom stereocenters. The van der Waals surface area contributed by atoms with Gasteiger partial charge in [-0.05, 0) is 13.8 Å². The highest BCUT2D eigenvalue weighted by molar-refractivity contribution is 5.80. The number of hydrogen-bond donors (Lipinski definition) is 1. The summed E-state index contributed by atoms with van der Waals surface area (Å²) >= 11 is 0. The van der Waals surface area contributed by atoms with E-state index in [1.165, 1.54) is 6.92 Å². The summed E-state index contributed by atoms with van der Waals surface area (Å²) in [6.07, 6.45) is -8.11. The smallest absolute Gasteiger partial charge is 0.416 e. The first-order valence-corrected chi connectivity index (χ1v) is 4.03. The molecule has 0 saturated carbocycles. The summed E-state index contributed by atoms with van der Waals surface area (Å²) in [5, 5.41) is 17.4. The van der Waals surface area contributed by atoms with Crippen LogP contribution in [0.5, 0.6) is 0 Å². The van der Waals surface area contributed by atoms with E-state index in [9.17, 15) is 18.0 Å². The lowest BCUT2D eigenvalue weighted by molar-refractivity contribution is -0.232. The second-order valence-electron chi connectivity index (χ2n) is 2.98. The number of aliphatic hydroxyl groups excluding tert-OH is 1. The molecule has 2 atom stereocenters. The Kier molecular flexibility index (Phi) is 4.10. The molecule has 0 spiro atoms. The average molecular weight is 225 g/mol. The van der Waals surface area contributed by atoms with Crippen molar-refractivity contribution < 1.29 is 27.8 Å². The minimum atomic E-state index is -5.04. The molecule has 86 valence electrons. The first kappa shape index (κ1) is 13.7. The average Bonchev–Trinajstić information content (AvgIpc) is 2.14. The Morgan fingerprint density at radius 1 is 1.60 bits per heavy atom. The Bertz CT molecular complexity index is 284. The molecule has 0 aliphatic carbocycles.